The number of aromatic nitrogens is 1. The summed E-state index contributed by atoms with van der Waals surface area (Å²) >= 11 is 0. The number of rotatable bonds is 3. The van der Waals surface area contributed by atoms with Crippen molar-refractivity contribution in [1.29, 1.82) is 5.41 Å². The van der Waals surface area contributed by atoms with Gasteiger partial charge in [0.05, 0.1) is 12.5 Å². The van der Waals surface area contributed by atoms with Gasteiger partial charge in [-0.2, -0.15) is 0 Å². The molecule has 0 aliphatic carbocycles. The summed E-state index contributed by atoms with van der Waals surface area (Å²) in [5.74, 6) is -0.347. The Bertz CT molecular complexity index is 611. The molecule has 0 bridgehead atoms. The monoisotopic (exact) mass is 291 g/mol. The molecule has 0 spiro atoms. The van der Waals surface area contributed by atoms with Crippen LogP contribution in [0.25, 0.3) is 0 Å². The summed E-state index contributed by atoms with van der Waals surface area (Å²) in [6, 6.07) is 1.73. The van der Waals surface area contributed by atoms with Crippen molar-refractivity contribution in [2.24, 2.45) is 4.99 Å². The lowest BCUT2D eigenvalue weighted by molar-refractivity contribution is -0.0425. The molecule has 1 unspecified atom stereocenters. The molecular formula is C14H17N3O4. The van der Waals surface area contributed by atoms with Gasteiger partial charge in [0.25, 0.3) is 0 Å². The van der Waals surface area contributed by atoms with Crippen LogP contribution in [-0.4, -0.2) is 62.9 Å². The number of hydrogen-bond acceptors (Lipinski definition) is 5. The van der Waals surface area contributed by atoms with E-state index in [2.05, 4.69) is 16.6 Å². The highest BCUT2D eigenvalue weighted by Crippen LogP contribution is 2.40. The van der Waals surface area contributed by atoms with Crippen LogP contribution in [0.1, 0.15) is 17.2 Å². The number of hydrogen-bond donors (Lipinski definition) is 5. The van der Waals surface area contributed by atoms with E-state index < -0.39 is 36.4 Å². The molecule has 3 rings (SSSR count). The molecule has 5 N–H and O–H groups in total. The summed E-state index contributed by atoms with van der Waals surface area (Å²) in [6.45, 7) is 3.16. The first kappa shape index (κ1) is 14.2. The molecule has 1 saturated heterocycles. The first-order valence-corrected chi connectivity index (χ1v) is 6.63. The molecule has 1 aromatic heterocycles. The molecule has 3 heterocycles. The molecule has 5 atom stereocenters. The van der Waals surface area contributed by atoms with E-state index >= 15 is 0 Å². The van der Waals surface area contributed by atoms with Crippen LogP contribution in [0.5, 0.6) is 0 Å². The zero-order valence-electron chi connectivity index (χ0n) is 11.2. The third-order valence-electron chi connectivity index (χ3n) is 4.17. The highest BCUT2D eigenvalue weighted by atomic mass is 16.6. The molecule has 7 heteroatoms. The Hall–Kier alpha value is -1.80. The Labute approximate surface area is 121 Å². The van der Waals surface area contributed by atoms with Crippen molar-refractivity contribution in [3.05, 3.63) is 36.2 Å². The minimum absolute atomic E-state index is 0.127. The number of fused-ring (bicyclic) bond motifs is 1. The third-order valence-corrected chi connectivity index (χ3v) is 4.17. The van der Waals surface area contributed by atoms with Gasteiger partial charge in [-0.05, 0) is 6.07 Å². The van der Waals surface area contributed by atoms with Gasteiger partial charge in [-0.25, -0.2) is 4.99 Å². The molecule has 0 amide bonds. The number of aliphatic imine (C=N–C) groups is 1. The van der Waals surface area contributed by atoms with Crippen LogP contribution in [0.3, 0.4) is 0 Å². The summed E-state index contributed by atoms with van der Waals surface area (Å²) in [4.78, 5) is 7.04. The Morgan fingerprint density at radius 1 is 1.57 bits per heavy atom. The van der Waals surface area contributed by atoms with Gasteiger partial charge >= 0.3 is 0 Å². The van der Waals surface area contributed by atoms with E-state index in [9.17, 15) is 15.3 Å². The van der Waals surface area contributed by atoms with E-state index in [1.165, 1.54) is 12.3 Å². The molecule has 21 heavy (non-hydrogen) atoms. The number of nitrogens with zero attached hydrogens (tertiary/aromatic N) is 1. The predicted octanol–water partition coefficient (Wildman–Crippen LogP) is -0.454. The van der Waals surface area contributed by atoms with Gasteiger partial charge in [-0.1, -0.05) is 6.08 Å². The van der Waals surface area contributed by atoms with Crippen molar-refractivity contribution in [3.8, 4) is 0 Å². The Balaban J connectivity index is 2.02. The number of H-pyrrole nitrogens is 1. The topological polar surface area (TPSA) is 122 Å². The maximum Gasteiger partial charge on any atom is 0.153 e. The van der Waals surface area contributed by atoms with Crippen molar-refractivity contribution in [3.63, 3.8) is 0 Å². The molecular weight excluding hydrogens is 274 g/mol. The minimum atomic E-state index is -1.70. The van der Waals surface area contributed by atoms with Crippen LogP contribution in [0.4, 0.5) is 0 Å². The van der Waals surface area contributed by atoms with Crippen LogP contribution >= 0.6 is 0 Å². The zero-order valence-corrected chi connectivity index (χ0v) is 11.2. The van der Waals surface area contributed by atoms with Crippen LogP contribution in [-0.2, 0) is 4.74 Å². The Morgan fingerprint density at radius 2 is 2.33 bits per heavy atom. The fourth-order valence-corrected chi connectivity index (χ4v) is 2.98. The minimum Gasteiger partial charge on any atom is -0.394 e. The standard InChI is InChI=1S/C14H17N3O4/c1-2-14(20)11(19)9(6-18)21-12(14)8-5-17-13(15)7-3-4-16-10(7)8/h2-5,8-9,11-12,15-16,18-20H,1,6H2/t8?,9-,11-,12+,14-/m1/s1. The second-order valence-corrected chi connectivity index (χ2v) is 5.27. The van der Waals surface area contributed by atoms with Crippen molar-refractivity contribution in [2.75, 3.05) is 6.61 Å². The summed E-state index contributed by atoms with van der Waals surface area (Å²) in [5.41, 5.74) is -0.392. The SMILES string of the molecule is C=C[C@@]1(O)[C@H](O)[C@@H](CO)O[C@H]1C1C=NC(=N)c2cc[nH]c21. The Kier molecular flexibility index (Phi) is 3.29. The fourth-order valence-electron chi connectivity index (χ4n) is 2.98. The molecule has 112 valence electrons. The summed E-state index contributed by atoms with van der Waals surface area (Å²) in [7, 11) is 0. The number of aromatic amines is 1. The third kappa shape index (κ3) is 1.90. The van der Waals surface area contributed by atoms with E-state index in [0.29, 0.717) is 11.3 Å². The fraction of sp³-hybridized carbons (Fsp3) is 0.429. The number of aliphatic hydroxyl groups is 3. The molecule has 0 aromatic carbocycles. The average Bonchev–Trinajstić information content (AvgIpc) is 3.07. The van der Waals surface area contributed by atoms with Gasteiger partial charge in [0.2, 0.25) is 0 Å². The van der Waals surface area contributed by atoms with Crippen LogP contribution in [0.15, 0.2) is 29.9 Å². The van der Waals surface area contributed by atoms with Gasteiger partial charge in [0, 0.05) is 23.7 Å². The molecule has 2 aliphatic rings. The molecule has 2 aliphatic heterocycles. The second-order valence-electron chi connectivity index (χ2n) is 5.27. The smallest absolute Gasteiger partial charge is 0.153 e. The quantitative estimate of drug-likeness (QED) is 0.484. The first-order chi connectivity index (χ1) is 10.0. The normalized spacial score (nSPS) is 38.5. The van der Waals surface area contributed by atoms with Gasteiger partial charge in [-0.15, -0.1) is 6.58 Å². The largest absolute Gasteiger partial charge is 0.394 e. The van der Waals surface area contributed by atoms with Crippen molar-refractivity contribution >= 4 is 12.1 Å². The lowest BCUT2D eigenvalue weighted by Crippen LogP contribution is -2.49. The summed E-state index contributed by atoms with van der Waals surface area (Å²) < 4.78 is 5.63. The van der Waals surface area contributed by atoms with Crippen LogP contribution in [0.2, 0.25) is 0 Å². The molecule has 1 fully saturated rings. The van der Waals surface area contributed by atoms with Crippen molar-refractivity contribution in [1.82, 2.24) is 4.98 Å². The lowest BCUT2D eigenvalue weighted by Gasteiger charge is -2.32. The van der Waals surface area contributed by atoms with Crippen molar-refractivity contribution in [2.45, 2.75) is 29.8 Å². The van der Waals surface area contributed by atoms with E-state index in [1.54, 1.807) is 12.3 Å². The van der Waals surface area contributed by atoms with Crippen molar-refractivity contribution < 1.29 is 20.1 Å². The maximum atomic E-state index is 10.7. The molecule has 7 nitrogen and oxygen atoms in total. The van der Waals surface area contributed by atoms with E-state index in [4.69, 9.17) is 10.1 Å². The number of aliphatic hydroxyl groups excluding tert-OH is 2. The summed E-state index contributed by atoms with van der Waals surface area (Å²) in [6.07, 6.45) is 1.39. The average molecular weight is 291 g/mol. The number of ether oxygens (including phenoxy) is 1. The van der Waals surface area contributed by atoms with Gasteiger partial charge in [0.15, 0.2) is 5.84 Å². The predicted molar refractivity (Wildman–Crippen MR) is 75.8 cm³/mol. The van der Waals surface area contributed by atoms with Gasteiger partial charge < -0.3 is 25.0 Å². The second kappa shape index (κ2) is 4.88. The van der Waals surface area contributed by atoms with E-state index in [0.717, 1.165) is 0 Å². The van der Waals surface area contributed by atoms with E-state index in [-0.39, 0.29) is 5.84 Å². The summed E-state index contributed by atoms with van der Waals surface area (Å²) in [5, 5.41) is 37.9. The maximum absolute atomic E-state index is 10.7. The zero-order chi connectivity index (χ0) is 15.2. The molecule has 0 saturated carbocycles. The molecule has 0 radical (unpaired) electrons. The number of nitrogens with one attached hydrogen (secondary N) is 2. The van der Waals surface area contributed by atoms with Crippen LogP contribution < -0.4 is 0 Å². The van der Waals surface area contributed by atoms with Gasteiger partial charge in [0.1, 0.15) is 23.9 Å². The highest BCUT2D eigenvalue weighted by Gasteiger charge is 2.56. The highest BCUT2D eigenvalue weighted by molar-refractivity contribution is 6.06. The lowest BCUT2D eigenvalue weighted by atomic mass is 9.81. The number of amidine groups is 1. The van der Waals surface area contributed by atoms with Crippen LogP contribution in [0, 0.1) is 5.41 Å². The van der Waals surface area contributed by atoms with E-state index in [1.807, 2.05) is 0 Å². The molecule has 1 aromatic rings. The Morgan fingerprint density at radius 3 is 3.00 bits per heavy atom. The van der Waals surface area contributed by atoms with Gasteiger partial charge in [-0.3, -0.25) is 5.41 Å². The first-order valence-electron chi connectivity index (χ1n) is 6.63.